The maximum Gasteiger partial charge on any atom is 0.203 e. The van der Waals surface area contributed by atoms with Gasteiger partial charge in [-0.25, -0.2) is 14.4 Å². The van der Waals surface area contributed by atoms with Gasteiger partial charge in [-0.15, -0.1) is 0 Å². The van der Waals surface area contributed by atoms with E-state index in [2.05, 4.69) is 20.5 Å². The number of halogens is 3. The second kappa shape index (κ2) is 6.26. The molecule has 2 aliphatic rings. The van der Waals surface area contributed by atoms with Gasteiger partial charge in [-0.05, 0) is 42.8 Å². The van der Waals surface area contributed by atoms with Gasteiger partial charge < -0.3 is 5.73 Å². The minimum Gasteiger partial charge on any atom is -0.369 e. The van der Waals surface area contributed by atoms with Crippen LogP contribution in [0.4, 0.5) is 4.39 Å². The molecule has 9 heteroatoms. The zero-order valence-corrected chi connectivity index (χ0v) is 15.1. The van der Waals surface area contributed by atoms with E-state index in [1.54, 1.807) is 23.1 Å². The summed E-state index contributed by atoms with van der Waals surface area (Å²) in [6.45, 7) is 1.83. The summed E-state index contributed by atoms with van der Waals surface area (Å²) in [7, 11) is 0. The zero-order valence-electron chi connectivity index (χ0n) is 13.5. The Labute approximate surface area is 158 Å². The highest BCUT2D eigenvalue weighted by Crippen LogP contribution is 2.37. The van der Waals surface area contributed by atoms with Crippen molar-refractivity contribution in [1.29, 1.82) is 0 Å². The van der Waals surface area contributed by atoms with E-state index in [0.717, 1.165) is 11.3 Å². The Bertz CT molecular complexity index is 980. The Balaban J connectivity index is 2.00. The number of guanidine groups is 1. The third-order valence-corrected chi connectivity index (χ3v) is 4.52. The predicted octanol–water partition coefficient (Wildman–Crippen LogP) is 3.21. The molecule has 0 spiro atoms. The molecule has 1 aromatic heterocycles. The van der Waals surface area contributed by atoms with Crippen LogP contribution in [0.5, 0.6) is 0 Å². The number of aliphatic imine (C=N–C) groups is 1. The Kier molecular flexibility index (Phi) is 4.05. The van der Waals surface area contributed by atoms with Crippen LogP contribution in [-0.4, -0.2) is 28.3 Å². The fraction of sp³-hybridized carbons (Fsp3) is 0.118. The molecule has 26 heavy (non-hydrogen) atoms. The van der Waals surface area contributed by atoms with Crippen molar-refractivity contribution < 1.29 is 4.39 Å². The van der Waals surface area contributed by atoms with Crippen molar-refractivity contribution >= 4 is 46.8 Å². The van der Waals surface area contributed by atoms with Crippen LogP contribution in [0.25, 0.3) is 11.3 Å². The smallest absolute Gasteiger partial charge is 0.203 e. The van der Waals surface area contributed by atoms with Crippen molar-refractivity contribution in [3.63, 3.8) is 0 Å². The lowest BCUT2D eigenvalue weighted by atomic mass is 9.95. The Hall–Kier alpha value is -2.64. The molecule has 1 aromatic carbocycles. The first-order valence-corrected chi connectivity index (χ1v) is 8.45. The van der Waals surface area contributed by atoms with Crippen LogP contribution in [0.15, 0.2) is 40.4 Å². The van der Waals surface area contributed by atoms with E-state index in [9.17, 15) is 4.39 Å². The molecule has 3 N–H and O–H groups in total. The number of hydrogen-bond acceptors (Lipinski definition) is 6. The summed E-state index contributed by atoms with van der Waals surface area (Å²) in [5, 5.41) is 4.69. The molecule has 4 rings (SSSR count). The van der Waals surface area contributed by atoms with Gasteiger partial charge in [0.05, 0.1) is 5.70 Å². The highest BCUT2D eigenvalue weighted by atomic mass is 35.5. The number of hydrazone groups is 1. The van der Waals surface area contributed by atoms with E-state index in [-0.39, 0.29) is 11.5 Å². The molecule has 3 heterocycles. The monoisotopic (exact) mass is 390 g/mol. The molecule has 6 nitrogen and oxygen atoms in total. The van der Waals surface area contributed by atoms with E-state index in [0.29, 0.717) is 21.4 Å². The van der Waals surface area contributed by atoms with Crippen LogP contribution >= 0.6 is 23.2 Å². The zero-order chi connectivity index (χ0) is 18.4. The van der Waals surface area contributed by atoms with Gasteiger partial charge in [-0.1, -0.05) is 23.2 Å². The molecule has 0 saturated carbocycles. The van der Waals surface area contributed by atoms with Gasteiger partial charge in [-0.3, -0.25) is 10.3 Å². The van der Waals surface area contributed by atoms with Gasteiger partial charge in [0, 0.05) is 21.9 Å². The van der Waals surface area contributed by atoms with E-state index in [1.165, 1.54) is 12.4 Å². The number of nitrogens with zero attached hydrogens (tertiary/aromatic N) is 4. The molecular formula is C17H13Cl2FN6. The van der Waals surface area contributed by atoms with Crippen molar-refractivity contribution in [2.24, 2.45) is 15.8 Å². The van der Waals surface area contributed by atoms with Crippen molar-refractivity contribution in [3.8, 4) is 0 Å². The topological polar surface area (TPSA) is 78.9 Å². The average molecular weight is 391 g/mol. The largest absolute Gasteiger partial charge is 0.369 e. The van der Waals surface area contributed by atoms with Gasteiger partial charge in [0.15, 0.2) is 6.17 Å². The van der Waals surface area contributed by atoms with Crippen molar-refractivity contribution in [2.75, 3.05) is 0 Å². The van der Waals surface area contributed by atoms with Gasteiger partial charge in [0.1, 0.15) is 17.3 Å². The van der Waals surface area contributed by atoms with Crippen LogP contribution in [0.3, 0.4) is 0 Å². The van der Waals surface area contributed by atoms with E-state index in [4.69, 9.17) is 28.9 Å². The van der Waals surface area contributed by atoms with Crippen LogP contribution < -0.4 is 11.2 Å². The summed E-state index contributed by atoms with van der Waals surface area (Å²) in [5.74, 6) is -0.292. The van der Waals surface area contributed by atoms with Crippen LogP contribution in [-0.2, 0) is 0 Å². The number of fused-ring (bicyclic) bond motifs is 1. The van der Waals surface area contributed by atoms with E-state index < -0.39 is 12.0 Å². The first-order valence-electron chi connectivity index (χ1n) is 7.69. The summed E-state index contributed by atoms with van der Waals surface area (Å²) in [6, 6.07) is 7.97. The summed E-state index contributed by atoms with van der Waals surface area (Å²) < 4.78 is 14.6. The number of pyridine rings is 1. The standard InChI is InChI=1S/C17H13Cl2FN6/c1-8-4-9(5-13(19)23-8)14-15(11-3-2-10(18)6-12(11)20)24-17(21)26-7-22-25-16(14)26/h2-7,16,25H,1H3,(H2,21,24). The minimum atomic E-state index is -0.495. The lowest BCUT2D eigenvalue weighted by Crippen LogP contribution is -2.48. The lowest BCUT2D eigenvalue weighted by Gasteiger charge is -2.31. The highest BCUT2D eigenvalue weighted by molar-refractivity contribution is 6.30. The quantitative estimate of drug-likeness (QED) is 0.771. The van der Waals surface area contributed by atoms with Gasteiger partial charge in [0.25, 0.3) is 0 Å². The third kappa shape index (κ3) is 2.79. The summed E-state index contributed by atoms with van der Waals surface area (Å²) >= 11 is 12.0. The molecule has 2 aromatic rings. The number of benzene rings is 1. The maximum absolute atomic E-state index is 14.6. The third-order valence-electron chi connectivity index (χ3n) is 4.10. The predicted molar refractivity (Wildman–Crippen MR) is 101 cm³/mol. The summed E-state index contributed by atoms with van der Waals surface area (Å²) in [5.41, 5.74) is 11.9. The molecule has 0 bridgehead atoms. The Morgan fingerprint density at radius 3 is 2.77 bits per heavy atom. The number of hydrogen-bond donors (Lipinski definition) is 2. The van der Waals surface area contributed by atoms with E-state index >= 15 is 0 Å². The van der Waals surface area contributed by atoms with Crippen LogP contribution in [0.2, 0.25) is 10.2 Å². The molecule has 0 saturated heterocycles. The van der Waals surface area contributed by atoms with Crippen molar-refractivity contribution in [2.45, 2.75) is 13.1 Å². The second-order valence-corrected chi connectivity index (χ2v) is 6.68. The molecular weight excluding hydrogens is 378 g/mol. The molecule has 0 fully saturated rings. The first kappa shape index (κ1) is 16.8. The molecule has 0 aliphatic carbocycles. The summed E-state index contributed by atoms with van der Waals surface area (Å²) in [6.07, 6.45) is 1.10. The Morgan fingerprint density at radius 1 is 1.23 bits per heavy atom. The molecule has 0 amide bonds. The fourth-order valence-electron chi connectivity index (χ4n) is 3.02. The normalized spacial score (nSPS) is 18.7. The number of rotatable bonds is 2. The van der Waals surface area contributed by atoms with Crippen molar-refractivity contribution in [1.82, 2.24) is 15.3 Å². The Morgan fingerprint density at radius 2 is 2.04 bits per heavy atom. The minimum absolute atomic E-state index is 0.203. The number of nitrogens with two attached hydrogens (primary N) is 1. The van der Waals surface area contributed by atoms with Gasteiger partial charge in [0.2, 0.25) is 5.96 Å². The van der Waals surface area contributed by atoms with Gasteiger partial charge >= 0.3 is 0 Å². The molecule has 132 valence electrons. The maximum atomic E-state index is 14.6. The number of aryl methyl sites for hydroxylation is 1. The molecule has 1 unspecified atom stereocenters. The van der Waals surface area contributed by atoms with Gasteiger partial charge in [-0.2, -0.15) is 5.10 Å². The SMILES string of the molecule is Cc1cc(C2=C(c3ccc(Cl)cc3F)N=C(N)N3C=NNC23)cc(Cl)n1. The summed E-state index contributed by atoms with van der Waals surface area (Å²) in [4.78, 5) is 10.3. The highest BCUT2D eigenvalue weighted by Gasteiger charge is 2.35. The average Bonchev–Trinajstić information content (AvgIpc) is 3.03. The number of nitrogens with one attached hydrogen (secondary N) is 1. The second-order valence-electron chi connectivity index (χ2n) is 5.86. The molecule has 0 radical (unpaired) electrons. The van der Waals surface area contributed by atoms with Crippen LogP contribution in [0, 0.1) is 12.7 Å². The fourth-order valence-corrected chi connectivity index (χ4v) is 3.43. The van der Waals surface area contributed by atoms with Crippen molar-refractivity contribution in [3.05, 3.63) is 63.1 Å². The van der Waals surface area contributed by atoms with Crippen LogP contribution in [0.1, 0.15) is 16.8 Å². The molecule has 2 aliphatic heterocycles. The number of aromatic nitrogens is 1. The van der Waals surface area contributed by atoms with E-state index in [1.807, 2.05) is 13.0 Å². The first-order chi connectivity index (χ1) is 12.4. The molecule has 1 atom stereocenters. The lowest BCUT2D eigenvalue weighted by molar-refractivity contribution is 0.493.